The second-order valence-electron chi connectivity index (χ2n) is 4.50. The summed E-state index contributed by atoms with van der Waals surface area (Å²) >= 11 is 0. The average molecular weight is 315 g/mol. The Balaban J connectivity index is 0.00000400. The third-order valence-electron chi connectivity index (χ3n) is 2.68. The number of hydrogen-bond acceptors (Lipinski definition) is 3. The fourth-order valence-corrected chi connectivity index (χ4v) is 1.61. The molecule has 0 heterocycles. The number of rotatable bonds is 5. The summed E-state index contributed by atoms with van der Waals surface area (Å²) in [7, 11) is 0. The molecule has 7 heteroatoms. The molecule has 0 aliphatic rings. The normalized spacial score (nSPS) is 10.7. The molecule has 118 valence electrons. The molecular weight excluding hydrogens is 292 g/mol. The van der Waals surface area contributed by atoms with E-state index in [1.54, 1.807) is 0 Å². The van der Waals surface area contributed by atoms with Crippen LogP contribution in [0.15, 0.2) is 23.2 Å². The maximum Gasteiger partial charge on any atom is 0.345 e. The van der Waals surface area contributed by atoms with E-state index in [4.69, 9.17) is 10.6 Å². The van der Waals surface area contributed by atoms with Gasteiger partial charge in [0.15, 0.2) is 0 Å². The molecule has 0 aliphatic heterocycles. The number of unbranched alkanes of at least 4 members (excludes halogenated alkanes) is 1. The van der Waals surface area contributed by atoms with Crippen LogP contribution in [0, 0.1) is 13.8 Å². The van der Waals surface area contributed by atoms with Crippen molar-refractivity contribution in [2.45, 2.75) is 33.6 Å². The lowest BCUT2D eigenvalue weighted by Crippen LogP contribution is -2.43. The van der Waals surface area contributed by atoms with Gasteiger partial charge in [0.25, 0.3) is 0 Å². The number of aliphatic imine (C=N–C) groups is 1. The number of aryl methyl sites for hydroxylation is 2. The van der Waals surface area contributed by atoms with Crippen LogP contribution < -0.4 is 16.5 Å². The molecule has 4 N–H and O–H groups in total. The van der Waals surface area contributed by atoms with Crippen LogP contribution in [0.2, 0.25) is 0 Å². The van der Waals surface area contributed by atoms with E-state index in [1.165, 1.54) is 0 Å². The number of hydroxylamine groups is 1. The number of carbonyl (C=O) groups is 1. The highest BCUT2D eigenvalue weighted by molar-refractivity contribution is 5.96. The Morgan fingerprint density at radius 2 is 1.95 bits per heavy atom. The van der Waals surface area contributed by atoms with Crippen molar-refractivity contribution in [3.63, 3.8) is 0 Å². The van der Waals surface area contributed by atoms with E-state index in [0.717, 1.165) is 29.7 Å². The van der Waals surface area contributed by atoms with Crippen molar-refractivity contribution in [2.24, 2.45) is 10.7 Å². The molecule has 21 heavy (non-hydrogen) atoms. The number of guanidine groups is 1. The fourth-order valence-electron chi connectivity index (χ4n) is 1.61. The van der Waals surface area contributed by atoms with Crippen molar-refractivity contribution in [3.8, 4) is 0 Å². The predicted octanol–water partition coefficient (Wildman–Crippen LogP) is 2.70. The number of nitrogens with two attached hydrogens (primary N) is 1. The lowest BCUT2D eigenvalue weighted by molar-refractivity contribution is 0.0609. The molecule has 0 aromatic heterocycles. The summed E-state index contributed by atoms with van der Waals surface area (Å²) < 4.78 is 0. The zero-order chi connectivity index (χ0) is 15.0. The van der Waals surface area contributed by atoms with Crippen molar-refractivity contribution in [3.05, 3.63) is 29.3 Å². The first-order valence-electron chi connectivity index (χ1n) is 6.63. The highest BCUT2D eigenvalue weighted by Gasteiger charge is 2.05. The molecule has 0 fully saturated rings. The molecule has 0 aliphatic carbocycles. The minimum atomic E-state index is -0.534. The van der Waals surface area contributed by atoms with Gasteiger partial charge in [-0.05, 0) is 31.4 Å². The van der Waals surface area contributed by atoms with Crippen molar-refractivity contribution in [1.82, 2.24) is 10.8 Å². The summed E-state index contributed by atoms with van der Waals surface area (Å²) in [6.07, 6.45) is 1.88. The van der Waals surface area contributed by atoms with Gasteiger partial charge < -0.3 is 5.73 Å². The monoisotopic (exact) mass is 314 g/mol. The Labute approximate surface area is 131 Å². The Kier molecular flexibility index (Phi) is 9.16. The fraction of sp³-hybridized carbons (Fsp3) is 0.429. The molecule has 0 unspecified atom stereocenters. The van der Waals surface area contributed by atoms with Crippen LogP contribution >= 0.6 is 12.4 Å². The molecule has 0 saturated heterocycles. The van der Waals surface area contributed by atoms with Crippen molar-refractivity contribution in [2.75, 3.05) is 6.61 Å². The van der Waals surface area contributed by atoms with Crippen molar-refractivity contribution in [1.29, 1.82) is 0 Å². The number of carbonyl (C=O) groups excluding carboxylic acids is 1. The van der Waals surface area contributed by atoms with E-state index in [-0.39, 0.29) is 18.4 Å². The third kappa shape index (κ3) is 6.97. The Morgan fingerprint density at radius 1 is 1.33 bits per heavy atom. The number of benzene rings is 1. The molecule has 0 radical (unpaired) electrons. The van der Waals surface area contributed by atoms with Gasteiger partial charge in [-0.1, -0.05) is 31.5 Å². The van der Waals surface area contributed by atoms with Crippen LogP contribution in [0.4, 0.5) is 10.5 Å². The zero-order valence-electron chi connectivity index (χ0n) is 12.6. The Morgan fingerprint density at radius 3 is 2.52 bits per heavy atom. The summed E-state index contributed by atoms with van der Waals surface area (Å²) in [5.74, 6) is 0.0268. The number of hydrogen-bond donors (Lipinski definition) is 3. The average Bonchev–Trinajstić information content (AvgIpc) is 2.39. The SMILES string of the molecule is CCCCONC(=O)NC(N)=Nc1c(C)cccc1C.Cl. The van der Waals surface area contributed by atoms with Gasteiger partial charge in [-0.2, -0.15) is 0 Å². The first-order valence-corrected chi connectivity index (χ1v) is 6.63. The van der Waals surface area contributed by atoms with Crippen LogP contribution in [0.25, 0.3) is 0 Å². The van der Waals surface area contributed by atoms with Gasteiger partial charge in [-0.3, -0.25) is 10.2 Å². The lowest BCUT2D eigenvalue weighted by Gasteiger charge is -2.08. The second-order valence-corrected chi connectivity index (χ2v) is 4.50. The summed E-state index contributed by atoms with van der Waals surface area (Å²) in [6.45, 7) is 6.39. The van der Waals surface area contributed by atoms with E-state index >= 15 is 0 Å². The van der Waals surface area contributed by atoms with Crippen LogP contribution in [0.5, 0.6) is 0 Å². The van der Waals surface area contributed by atoms with Crippen molar-refractivity contribution >= 4 is 30.1 Å². The number of nitrogens with zero attached hydrogens (tertiary/aromatic N) is 1. The largest absolute Gasteiger partial charge is 0.369 e. The van der Waals surface area contributed by atoms with Gasteiger partial charge >= 0.3 is 6.03 Å². The van der Waals surface area contributed by atoms with Gasteiger partial charge in [0.2, 0.25) is 5.96 Å². The minimum Gasteiger partial charge on any atom is -0.369 e. The number of urea groups is 1. The maximum absolute atomic E-state index is 11.5. The van der Waals surface area contributed by atoms with Crippen LogP contribution in [0.3, 0.4) is 0 Å². The summed E-state index contributed by atoms with van der Waals surface area (Å²) in [5, 5.41) is 2.41. The Bertz CT molecular complexity index is 472. The number of halogens is 1. The van der Waals surface area contributed by atoms with Gasteiger partial charge in [0.1, 0.15) is 0 Å². The van der Waals surface area contributed by atoms with E-state index in [1.807, 2.05) is 39.0 Å². The molecule has 1 rings (SSSR count). The lowest BCUT2D eigenvalue weighted by atomic mass is 10.1. The van der Waals surface area contributed by atoms with E-state index in [9.17, 15) is 4.79 Å². The molecule has 6 nitrogen and oxygen atoms in total. The molecular formula is C14H23ClN4O2. The zero-order valence-corrected chi connectivity index (χ0v) is 13.4. The summed E-state index contributed by atoms with van der Waals surface area (Å²) in [5.41, 5.74) is 10.7. The highest BCUT2D eigenvalue weighted by Crippen LogP contribution is 2.22. The Hall–Kier alpha value is -1.79. The molecule has 0 atom stereocenters. The number of para-hydroxylation sites is 1. The quantitative estimate of drug-likeness (QED) is 0.338. The predicted molar refractivity (Wildman–Crippen MR) is 87.0 cm³/mol. The third-order valence-corrected chi connectivity index (χ3v) is 2.68. The molecule has 0 bridgehead atoms. The van der Waals surface area contributed by atoms with Crippen LogP contribution in [-0.2, 0) is 4.84 Å². The molecule has 2 amide bonds. The summed E-state index contributed by atoms with van der Waals surface area (Å²) in [6, 6.07) is 5.29. The van der Waals surface area contributed by atoms with Gasteiger partial charge in [-0.15, -0.1) is 12.4 Å². The molecule has 0 saturated carbocycles. The van der Waals surface area contributed by atoms with Crippen molar-refractivity contribution < 1.29 is 9.63 Å². The number of amides is 2. The van der Waals surface area contributed by atoms with Gasteiger partial charge in [0, 0.05) is 0 Å². The first-order chi connectivity index (χ1) is 9.54. The van der Waals surface area contributed by atoms with Crippen LogP contribution in [0.1, 0.15) is 30.9 Å². The van der Waals surface area contributed by atoms with E-state index < -0.39 is 6.03 Å². The second kappa shape index (κ2) is 10.0. The summed E-state index contributed by atoms with van der Waals surface area (Å²) in [4.78, 5) is 20.6. The van der Waals surface area contributed by atoms with E-state index in [2.05, 4.69) is 15.8 Å². The smallest absolute Gasteiger partial charge is 0.345 e. The minimum absolute atomic E-state index is 0. The number of nitrogens with one attached hydrogen (secondary N) is 2. The molecule has 1 aromatic carbocycles. The van der Waals surface area contributed by atoms with E-state index in [0.29, 0.717) is 6.61 Å². The molecule has 0 spiro atoms. The van der Waals surface area contributed by atoms with Gasteiger partial charge in [0.05, 0.1) is 12.3 Å². The topological polar surface area (TPSA) is 88.7 Å². The van der Waals surface area contributed by atoms with Crippen LogP contribution in [-0.4, -0.2) is 18.6 Å². The molecule has 1 aromatic rings. The first kappa shape index (κ1) is 19.2. The highest BCUT2D eigenvalue weighted by atomic mass is 35.5. The van der Waals surface area contributed by atoms with Gasteiger partial charge in [-0.25, -0.2) is 15.3 Å². The maximum atomic E-state index is 11.5. The standard InChI is InChI=1S/C14H22N4O2.ClH/c1-4-5-9-20-18-14(19)17-13(15)16-12-10(2)7-6-8-11(12)3;/h6-8H,4-5,9H2,1-3H3,(H4,15,16,17,18,19);1H.